The van der Waals surface area contributed by atoms with Gasteiger partial charge in [-0.15, -0.1) is 0 Å². The van der Waals surface area contributed by atoms with E-state index in [1.54, 1.807) is 18.2 Å². The third-order valence-electron chi connectivity index (χ3n) is 9.26. The zero-order valence-corrected chi connectivity index (χ0v) is 29.0. The second kappa shape index (κ2) is 12.7. The third kappa shape index (κ3) is 5.91. The number of hydrogen-bond donors (Lipinski definition) is 7. The van der Waals surface area contributed by atoms with Gasteiger partial charge < -0.3 is 49.9 Å². The predicted octanol–water partition coefficient (Wildman–Crippen LogP) is 0.677. The Bertz CT molecular complexity index is 2560. The summed E-state index contributed by atoms with van der Waals surface area (Å²) in [6.45, 7) is -1.69. The molecule has 1 aromatic carbocycles. The van der Waals surface area contributed by atoms with Crippen molar-refractivity contribution in [1.82, 2.24) is 34.1 Å². The number of furan rings is 1. The van der Waals surface area contributed by atoms with E-state index < -0.39 is 83.5 Å². The molecule has 0 aliphatic carbocycles. The van der Waals surface area contributed by atoms with Crippen molar-refractivity contribution in [2.75, 3.05) is 24.7 Å². The number of aromatic nitrogens is 7. The largest absolute Gasteiger partial charge is 0.472 e. The Morgan fingerprint density at radius 1 is 0.870 bits per heavy atom. The Morgan fingerprint density at radius 2 is 1.59 bits per heavy atom. The standard InChI is InChI=1S/C29H29N9O14P2/c30-23-17-12(14-5-11-3-1-2-4-13(11)48-14)6-37(24(17)33-9-32-23)27-20(40)21-16(50-27)8-47-54(44,45)52-22-19(39)15(7-46-53(42,43)51-21)49-28(22)38-10-34-18-25(38)35-29(31)36-26(18)41/h1-6,9-10,15-16,19-22,27-28,39-40H,7-8H2,(H,42,43)(H,44,45)(H2,30,32,33)(H3,31,35,36,41)/t15-,16-,19-,20-,21-,22-,27-,28-/m1/s1. The maximum absolute atomic E-state index is 13.5. The Balaban J connectivity index is 1.05. The average molecular weight is 790 g/mol. The number of anilines is 2. The molecule has 25 heteroatoms. The number of nitrogens with one attached hydrogen (secondary N) is 1. The number of para-hydroxylation sites is 1. The molecule has 9 N–H and O–H groups in total. The zero-order valence-electron chi connectivity index (χ0n) is 27.3. The lowest BCUT2D eigenvalue weighted by Crippen LogP contribution is -2.36. The summed E-state index contributed by atoms with van der Waals surface area (Å²) < 4.78 is 68.6. The number of benzene rings is 1. The topological polar surface area (TPSA) is 330 Å². The van der Waals surface area contributed by atoms with Gasteiger partial charge >= 0.3 is 15.6 Å². The van der Waals surface area contributed by atoms with Gasteiger partial charge in [-0.25, -0.2) is 24.1 Å². The molecule has 9 rings (SSSR count). The molecular weight excluding hydrogens is 760 g/mol. The fourth-order valence-corrected chi connectivity index (χ4v) is 8.74. The molecule has 0 saturated carbocycles. The Labute approximate surface area is 300 Å². The lowest BCUT2D eigenvalue weighted by molar-refractivity contribution is -0.0671. The van der Waals surface area contributed by atoms with E-state index >= 15 is 0 Å². The molecule has 6 aromatic rings. The van der Waals surface area contributed by atoms with Crippen molar-refractivity contribution >= 4 is 60.6 Å². The second-order valence-corrected chi connectivity index (χ2v) is 15.4. The number of phosphoric ester groups is 2. The number of aliphatic hydroxyl groups is 2. The number of nitrogens with zero attached hydrogens (tertiary/aromatic N) is 6. The summed E-state index contributed by atoms with van der Waals surface area (Å²) in [7, 11) is -10.3. The number of nitrogen functional groups attached to an aromatic ring is 2. The number of hydrogen-bond acceptors (Lipinski definition) is 18. The molecule has 5 aromatic heterocycles. The zero-order chi connectivity index (χ0) is 37.7. The van der Waals surface area contributed by atoms with Gasteiger partial charge in [-0.3, -0.25) is 32.4 Å². The highest BCUT2D eigenvalue weighted by Gasteiger charge is 2.54. The number of aliphatic hydroxyl groups excluding tert-OH is 2. The van der Waals surface area contributed by atoms with Gasteiger partial charge in [0.25, 0.3) is 5.56 Å². The van der Waals surface area contributed by atoms with E-state index in [9.17, 15) is 33.9 Å². The van der Waals surface area contributed by atoms with Crippen LogP contribution in [0.2, 0.25) is 0 Å². The summed E-state index contributed by atoms with van der Waals surface area (Å²) in [4.78, 5) is 52.9. The number of aromatic amines is 1. The number of phosphoric acid groups is 2. The van der Waals surface area contributed by atoms with Gasteiger partial charge in [-0.05, 0) is 12.1 Å². The molecule has 2 unspecified atom stereocenters. The van der Waals surface area contributed by atoms with Gasteiger partial charge in [0.05, 0.1) is 24.9 Å². The van der Waals surface area contributed by atoms with E-state index in [1.165, 1.54) is 17.1 Å². The molecule has 0 amide bonds. The fraction of sp³-hybridized carbons (Fsp3) is 0.345. The molecule has 8 heterocycles. The van der Waals surface area contributed by atoms with E-state index in [0.29, 0.717) is 22.3 Å². The molecule has 23 nitrogen and oxygen atoms in total. The van der Waals surface area contributed by atoms with Crippen LogP contribution >= 0.6 is 15.6 Å². The minimum absolute atomic E-state index is 0.0718. The van der Waals surface area contributed by atoms with E-state index in [-0.39, 0.29) is 28.6 Å². The van der Waals surface area contributed by atoms with Crippen LogP contribution < -0.4 is 17.0 Å². The van der Waals surface area contributed by atoms with E-state index in [2.05, 4.69) is 24.9 Å². The average Bonchev–Trinajstić information content (AvgIpc) is 3.94. The maximum atomic E-state index is 13.5. The molecule has 0 spiro atoms. The summed E-state index contributed by atoms with van der Waals surface area (Å²) in [6, 6.07) is 9.05. The molecule has 54 heavy (non-hydrogen) atoms. The van der Waals surface area contributed by atoms with Crippen molar-refractivity contribution in [1.29, 1.82) is 0 Å². The fourth-order valence-electron chi connectivity index (χ4n) is 6.84. The quantitative estimate of drug-likeness (QED) is 0.121. The van der Waals surface area contributed by atoms with Gasteiger partial charge in [-0.2, -0.15) is 4.98 Å². The highest BCUT2D eigenvalue weighted by molar-refractivity contribution is 7.47. The second-order valence-electron chi connectivity index (χ2n) is 12.6. The van der Waals surface area contributed by atoms with E-state index in [4.69, 9.17) is 43.5 Å². The van der Waals surface area contributed by atoms with Crippen molar-refractivity contribution < 1.29 is 61.1 Å². The van der Waals surface area contributed by atoms with Crippen LogP contribution in [0.1, 0.15) is 12.5 Å². The van der Waals surface area contributed by atoms with Crippen LogP contribution in [-0.4, -0.2) is 104 Å². The van der Waals surface area contributed by atoms with Crippen molar-refractivity contribution in [2.24, 2.45) is 0 Å². The lowest BCUT2D eigenvalue weighted by atomic mass is 10.1. The minimum atomic E-state index is -5.18. The summed E-state index contributed by atoms with van der Waals surface area (Å²) in [6.07, 6.45) is -9.15. The first-order chi connectivity index (χ1) is 25.8. The molecule has 3 aliphatic rings. The Hall–Kier alpha value is -4.61. The number of nitrogens with two attached hydrogens (primary N) is 2. The summed E-state index contributed by atoms with van der Waals surface area (Å²) in [5, 5.41) is 23.9. The van der Waals surface area contributed by atoms with Gasteiger partial charge in [0.1, 0.15) is 65.8 Å². The number of fused-ring (bicyclic) bond motifs is 6. The van der Waals surface area contributed by atoms with Crippen LogP contribution in [0.25, 0.3) is 44.5 Å². The molecule has 284 valence electrons. The first kappa shape index (κ1) is 35.1. The summed E-state index contributed by atoms with van der Waals surface area (Å²) in [5.41, 5.74) is 12.2. The Morgan fingerprint density at radius 3 is 2.37 bits per heavy atom. The molecule has 3 saturated heterocycles. The normalized spacial score (nSPS) is 33.5. The van der Waals surface area contributed by atoms with Crippen molar-refractivity contribution in [3.8, 4) is 11.3 Å². The van der Waals surface area contributed by atoms with Gasteiger partial charge in [-0.1, -0.05) is 18.2 Å². The van der Waals surface area contributed by atoms with Crippen molar-refractivity contribution in [3.05, 3.63) is 59.5 Å². The first-order valence-electron chi connectivity index (χ1n) is 16.1. The number of ether oxygens (including phenoxy) is 2. The first-order valence-corrected chi connectivity index (χ1v) is 19.1. The molecule has 3 aliphatic heterocycles. The van der Waals surface area contributed by atoms with Gasteiger partial charge in [0.2, 0.25) is 5.95 Å². The number of imidazole rings is 1. The Kier molecular flexibility index (Phi) is 8.28. The van der Waals surface area contributed by atoms with E-state index in [0.717, 1.165) is 16.3 Å². The van der Waals surface area contributed by atoms with Crippen molar-refractivity contribution in [3.63, 3.8) is 0 Å². The molecular formula is C29H29N9O14P2. The SMILES string of the molecule is Nc1nc2c(ncn2[C@@H]2O[C@@H]3COP(=O)(O)O[C@H]4[C@@H](O)[C@H](n5cc(-c6cc7ccccc7o6)c6c(N)ncnc65)O[C@@H]4COP(=O)(O)O[C@@H]2[C@@H]3O)c(=O)[nH]1. The number of H-pyrrole nitrogens is 1. The molecule has 0 radical (unpaired) electrons. The number of rotatable bonds is 3. The van der Waals surface area contributed by atoms with Crippen molar-refractivity contribution in [2.45, 2.75) is 49.1 Å². The smallest absolute Gasteiger partial charge is 0.456 e. The van der Waals surface area contributed by atoms with E-state index in [1.807, 2.05) is 12.1 Å². The summed E-state index contributed by atoms with van der Waals surface area (Å²) in [5.74, 6) is 0.167. The van der Waals surface area contributed by atoms with Crippen LogP contribution in [-0.2, 0) is 36.7 Å². The van der Waals surface area contributed by atoms with Crippen LogP contribution in [0.5, 0.6) is 0 Å². The lowest BCUT2D eigenvalue weighted by Gasteiger charge is -2.25. The molecule has 10 atom stereocenters. The summed E-state index contributed by atoms with van der Waals surface area (Å²) >= 11 is 0. The highest BCUT2D eigenvalue weighted by Crippen LogP contribution is 2.54. The molecule has 2 bridgehead atoms. The minimum Gasteiger partial charge on any atom is -0.456 e. The van der Waals surface area contributed by atoms with Gasteiger partial charge in [0.15, 0.2) is 23.6 Å². The van der Waals surface area contributed by atoms with Crippen LogP contribution in [0, 0.1) is 0 Å². The third-order valence-corrected chi connectivity index (χ3v) is 11.2. The molecule has 3 fully saturated rings. The highest BCUT2D eigenvalue weighted by atomic mass is 31.2. The van der Waals surface area contributed by atoms with Crippen LogP contribution in [0.4, 0.5) is 11.8 Å². The maximum Gasteiger partial charge on any atom is 0.472 e. The van der Waals surface area contributed by atoms with Crippen LogP contribution in [0.15, 0.2) is 58.4 Å². The predicted molar refractivity (Wildman–Crippen MR) is 181 cm³/mol. The van der Waals surface area contributed by atoms with Crippen LogP contribution in [0.3, 0.4) is 0 Å². The van der Waals surface area contributed by atoms with Gasteiger partial charge in [0, 0.05) is 17.1 Å². The monoisotopic (exact) mass is 789 g/mol.